The first-order valence-electron chi connectivity index (χ1n) is 3.19. The summed E-state index contributed by atoms with van der Waals surface area (Å²) in [5.41, 5.74) is 7.23. The van der Waals surface area contributed by atoms with Crippen molar-refractivity contribution in [3.05, 3.63) is 30.3 Å². The number of azo groups is 1. The molecule has 0 saturated heterocycles. The van der Waals surface area contributed by atoms with Crippen molar-refractivity contribution in [1.29, 1.82) is 5.53 Å². The Hall–Kier alpha value is -1.58. The highest BCUT2D eigenvalue weighted by Crippen LogP contribution is 2.09. The van der Waals surface area contributed by atoms with Crippen molar-refractivity contribution >= 4 is 5.69 Å². The van der Waals surface area contributed by atoms with Crippen LogP contribution in [-0.2, 0) is 0 Å². The maximum Gasteiger partial charge on any atom is 0.171 e. The monoisotopic (exact) mass is 148 g/mol. The van der Waals surface area contributed by atoms with Crippen LogP contribution in [0.1, 0.15) is 0 Å². The summed E-state index contributed by atoms with van der Waals surface area (Å²) in [6, 6.07) is 9.35. The fourth-order valence-electron chi connectivity index (χ4n) is 0.640. The summed E-state index contributed by atoms with van der Waals surface area (Å²) in [7, 11) is 0. The molecule has 0 heterocycles. The van der Waals surface area contributed by atoms with Gasteiger partial charge in [-0.3, -0.25) is 0 Å². The van der Waals surface area contributed by atoms with Crippen molar-refractivity contribution in [3.8, 4) is 0 Å². The number of benzene rings is 1. The van der Waals surface area contributed by atoms with Crippen molar-refractivity contribution in [2.75, 3.05) is 6.67 Å². The first-order valence-corrected chi connectivity index (χ1v) is 3.19. The van der Waals surface area contributed by atoms with Gasteiger partial charge in [0.2, 0.25) is 0 Å². The van der Waals surface area contributed by atoms with Crippen LogP contribution < -0.4 is 0 Å². The standard InChI is InChI=1S/C7H8N4/c8-9-6-10-11-7-4-2-1-3-5-7/h1-5,8H,6H2. The summed E-state index contributed by atoms with van der Waals surface area (Å²) in [5.74, 6) is 0. The number of nitrogens with one attached hydrogen (secondary N) is 1. The molecular weight excluding hydrogens is 140 g/mol. The Labute approximate surface area is 64.5 Å². The average molecular weight is 148 g/mol. The normalized spacial score (nSPS) is 10.2. The molecule has 0 aromatic heterocycles. The summed E-state index contributed by atoms with van der Waals surface area (Å²) >= 11 is 0. The SMILES string of the molecule is N=NCN=Nc1ccccc1. The largest absolute Gasteiger partial charge is 0.208 e. The van der Waals surface area contributed by atoms with Crippen LogP contribution in [0.25, 0.3) is 0 Å². The van der Waals surface area contributed by atoms with Crippen molar-refractivity contribution < 1.29 is 0 Å². The van der Waals surface area contributed by atoms with Crippen molar-refractivity contribution in [3.63, 3.8) is 0 Å². The molecule has 4 nitrogen and oxygen atoms in total. The molecule has 0 radical (unpaired) electrons. The van der Waals surface area contributed by atoms with Gasteiger partial charge in [0.05, 0.1) is 5.69 Å². The van der Waals surface area contributed by atoms with Gasteiger partial charge in [0, 0.05) is 0 Å². The molecule has 0 saturated carbocycles. The van der Waals surface area contributed by atoms with Crippen LogP contribution in [0, 0.1) is 5.53 Å². The van der Waals surface area contributed by atoms with E-state index >= 15 is 0 Å². The van der Waals surface area contributed by atoms with E-state index in [0.29, 0.717) is 0 Å². The van der Waals surface area contributed by atoms with E-state index in [9.17, 15) is 0 Å². The third kappa shape index (κ3) is 2.66. The highest BCUT2D eigenvalue weighted by molar-refractivity contribution is 5.34. The van der Waals surface area contributed by atoms with Crippen molar-refractivity contribution in [2.45, 2.75) is 0 Å². The molecule has 0 bridgehead atoms. The number of nitrogens with zero attached hydrogens (tertiary/aromatic N) is 3. The molecule has 1 N–H and O–H groups in total. The molecule has 0 amide bonds. The van der Waals surface area contributed by atoms with Crippen LogP contribution in [0.2, 0.25) is 0 Å². The predicted molar refractivity (Wildman–Crippen MR) is 41.0 cm³/mol. The van der Waals surface area contributed by atoms with E-state index in [4.69, 9.17) is 5.53 Å². The first kappa shape index (κ1) is 7.53. The molecule has 0 atom stereocenters. The van der Waals surface area contributed by atoms with Gasteiger partial charge in [-0.25, -0.2) is 5.53 Å². The van der Waals surface area contributed by atoms with Gasteiger partial charge in [0.15, 0.2) is 6.67 Å². The van der Waals surface area contributed by atoms with Crippen molar-refractivity contribution in [1.82, 2.24) is 0 Å². The van der Waals surface area contributed by atoms with Gasteiger partial charge in [-0.15, -0.1) is 0 Å². The molecule has 0 aliphatic rings. The van der Waals surface area contributed by atoms with Crippen LogP contribution in [0.15, 0.2) is 45.7 Å². The Bertz CT molecular complexity index is 242. The smallest absolute Gasteiger partial charge is 0.171 e. The molecule has 0 unspecified atom stereocenters. The van der Waals surface area contributed by atoms with Crippen LogP contribution in [0.5, 0.6) is 0 Å². The lowest BCUT2D eigenvalue weighted by atomic mass is 10.3. The van der Waals surface area contributed by atoms with Crippen LogP contribution in [0.4, 0.5) is 5.69 Å². The fraction of sp³-hybridized carbons (Fsp3) is 0.143. The van der Waals surface area contributed by atoms with Crippen LogP contribution >= 0.6 is 0 Å². The lowest BCUT2D eigenvalue weighted by molar-refractivity contribution is 0.869. The maximum atomic E-state index is 6.44. The third-order valence-electron chi connectivity index (χ3n) is 1.08. The summed E-state index contributed by atoms with van der Waals surface area (Å²) in [6.07, 6.45) is 0. The van der Waals surface area contributed by atoms with Gasteiger partial charge in [0.25, 0.3) is 0 Å². The van der Waals surface area contributed by atoms with E-state index in [0.717, 1.165) is 5.69 Å². The van der Waals surface area contributed by atoms with E-state index < -0.39 is 0 Å². The Morgan fingerprint density at radius 3 is 2.55 bits per heavy atom. The predicted octanol–water partition coefficient (Wildman–Crippen LogP) is 2.76. The number of hydrogen-bond donors (Lipinski definition) is 1. The number of hydrogen-bond acceptors (Lipinski definition) is 4. The highest BCUT2D eigenvalue weighted by Gasteiger charge is 1.82. The van der Waals surface area contributed by atoms with Gasteiger partial charge in [-0.05, 0) is 12.1 Å². The van der Waals surface area contributed by atoms with Crippen molar-refractivity contribution in [2.24, 2.45) is 15.3 Å². The molecule has 0 aliphatic carbocycles. The lowest BCUT2D eigenvalue weighted by Crippen LogP contribution is -1.65. The van der Waals surface area contributed by atoms with Gasteiger partial charge in [-0.1, -0.05) is 18.2 Å². The minimum atomic E-state index is 0.106. The number of rotatable bonds is 3. The van der Waals surface area contributed by atoms with Gasteiger partial charge in [0.1, 0.15) is 0 Å². The summed E-state index contributed by atoms with van der Waals surface area (Å²) in [6.45, 7) is 0.106. The Kier molecular flexibility index (Phi) is 2.92. The van der Waals surface area contributed by atoms with E-state index in [1.54, 1.807) is 0 Å². The summed E-state index contributed by atoms with van der Waals surface area (Å²) in [4.78, 5) is 0. The molecule has 0 spiro atoms. The highest BCUT2D eigenvalue weighted by atomic mass is 15.2. The van der Waals surface area contributed by atoms with Gasteiger partial charge in [-0.2, -0.15) is 15.3 Å². The minimum Gasteiger partial charge on any atom is -0.208 e. The Morgan fingerprint density at radius 1 is 1.18 bits per heavy atom. The topological polar surface area (TPSA) is 60.9 Å². The zero-order valence-corrected chi connectivity index (χ0v) is 5.94. The maximum absolute atomic E-state index is 6.44. The third-order valence-corrected chi connectivity index (χ3v) is 1.08. The second kappa shape index (κ2) is 4.27. The van der Waals surface area contributed by atoms with Crippen LogP contribution in [-0.4, -0.2) is 6.67 Å². The molecule has 4 heteroatoms. The van der Waals surface area contributed by atoms with E-state index in [-0.39, 0.29) is 6.67 Å². The quantitative estimate of drug-likeness (QED) is 0.640. The zero-order valence-electron chi connectivity index (χ0n) is 5.94. The summed E-state index contributed by atoms with van der Waals surface area (Å²) < 4.78 is 0. The van der Waals surface area contributed by atoms with E-state index in [1.165, 1.54) is 0 Å². The molecule has 1 aromatic carbocycles. The first-order chi connectivity index (χ1) is 5.43. The van der Waals surface area contributed by atoms with E-state index in [2.05, 4.69) is 15.3 Å². The zero-order chi connectivity index (χ0) is 7.94. The minimum absolute atomic E-state index is 0.106. The molecule has 0 aliphatic heterocycles. The Balaban J connectivity index is 2.57. The second-order valence-corrected chi connectivity index (χ2v) is 1.88. The Morgan fingerprint density at radius 2 is 1.91 bits per heavy atom. The summed E-state index contributed by atoms with van der Waals surface area (Å²) in [5, 5.41) is 10.5. The molecule has 0 fully saturated rings. The molecular formula is C7H8N4. The van der Waals surface area contributed by atoms with Gasteiger partial charge >= 0.3 is 0 Å². The molecule has 1 rings (SSSR count). The van der Waals surface area contributed by atoms with E-state index in [1.807, 2.05) is 30.3 Å². The molecule has 56 valence electrons. The average Bonchev–Trinajstić information content (AvgIpc) is 2.07. The van der Waals surface area contributed by atoms with Crippen LogP contribution in [0.3, 0.4) is 0 Å². The molecule has 1 aromatic rings. The van der Waals surface area contributed by atoms with Gasteiger partial charge < -0.3 is 0 Å². The fourth-order valence-corrected chi connectivity index (χ4v) is 0.640. The second-order valence-electron chi connectivity index (χ2n) is 1.88. The molecule has 11 heavy (non-hydrogen) atoms. The lowest BCUT2D eigenvalue weighted by Gasteiger charge is -1.86.